The number of aromatic nitrogens is 2. The molecule has 2 aromatic carbocycles. The molecule has 1 amide bonds. The SMILES string of the molecule is CN(c1ccccc1)S(=O)(=O)c1ccc(Nc2ncc(C(F)(F)F)c(C[C@@H]3CCC[C@@H]3C(N)=O)n2)cc1. The van der Waals surface area contributed by atoms with Gasteiger partial charge in [0.1, 0.15) is 0 Å². The van der Waals surface area contributed by atoms with Crippen LogP contribution in [0.15, 0.2) is 65.7 Å². The number of alkyl halides is 3. The largest absolute Gasteiger partial charge is 0.419 e. The normalized spacial score (nSPS) is 17.9. The van der Waals surface area contributed by atoms with E-state index in [1.165, 1.54) is 31.3 Å². The number of nitrogens with one attached hydrogen (secondary N) is 1. The average molecular weight is 534 g/mol. The number of anilines is 3. The van der Waals surface area contributed by atoms with Crippen molar-refractivity contribution in [1.29, 1.82) is 0 Å². The molecule has 1 saturated carbocycles. The number of benzene rings is 2. The van der Waals surface area contributed by atoms with E-state index in [4.69, 9.17) is 5.73 Å². The van der Waals surface area contributed by atoms with Gasteiger partial charge in [-0.25, -0.2) is 18.4 Å². The summed E-state index contributed by atoms with van der Waals surface area (Å²) in [6, 6.07) is 14.3. The van der Waals surface area contributed by atoms with Crippen LogP contribution in [0, 0.1) is 11.8 Å². The van der Waals surface area contributed by atoms with Gasteiger partial charge in [0.25, 0.3) is 10.0 Å². The molecule has 1 aromatic heterocycles. The van der Waals surface area contributed by atoms with Crippen LogP contribution in [0.3, 0.4) is 0 Å². The molecule has 1 fully saturated rings. The first-order valence-corrected chi connectivity index (χ1v) is 13.0. The topological polar surface area (TPSA) is 118 Å². The first-order chi connectivity index (χ1) is 17.5. The maximum atomic E-state index is 13.6. The van der Waals surface area contributed by atoms with Crippen LogP contribution < -0.4 is 15.4 Å². The third kappa shape index (κ3) is 5.85. The highest BCUT2D eigenvalue weighted by atomic mass is 32.2. The second kappa shape index (κ2) is 10.4. The summed E-state index contributed by atoms with van der Waals surface area (Å²) in [5.74, 6) is -1.41. The third-order valence-corrected chi connectivity index (χ3v) is 8.34. The Morgan fingerprint density at radius 3 is 2.41 bits per heavy atom. The summed E-state index contributed by atoms with van der Waals surface area (Å²) in [6.07, 6.45) is -2.15. The van der Waals surface area contributed by atoms with Crippen molar-refractivity contribution >= 4 is 33.3 Å². The quantitative estimate of drug-likeness (QED) is 0.440. The van der Waals surface area contributed by atoms with Crippen LogP contribution in [0.5, 0.6) is 0 Å². The van der Waals surface area contributed by atoms with E-state index in [-0.39, 0.29) is 28.9 Å². The summed E-state index contributed by atoms with van der Waals surface area (Å²) < 4.78 is 68.0. The van der Waals surface area contributed by atoms with Crippen molar-refractivity contribution in [3.8, 4) is 0 Å². The molecule has 0 saturated heterocycles. The summed E-state index contributed by atoms with van der Waals surface area (Å²) in [7, 11) is -2.38. The molecule has 1 heterocycles. The van der Waals surface area contributed by atoms with E-state index in [0.717, 1.165) is 4.31 Å². The number of nitrogens with zero attached hydrogens (tertiary/aromatic N) is 3. The molecule has 1 aliphatic carbocycles. The summed E-state index contributed by atoms with van der Waals surface area (Å²) in [5, 5.41) is 2.83. The number of sulfonamides is 1. The van der Waals surface area contributed by atoms with Crippen molar-refractivity contribution in [3.63, 3.8) is 0 Å². The maximum Gasteiger partial charge on any atom is 0.419 e. The number of carbonyl (C=O) groups is 1. The smallest absolute Gasteiger partial charge is 0.369 e. The molecule has 3 N–H and O–H groups in total. The van der Waals surface area contributed by atoms with E-state index >= 15 is 0 Å². The molecule has 8 nitrogen and oxygen atoms in total. The van der Waals surface area contributed by atoms with Crippen LogP contribution in [0.4, 0.5) is 30.5 Å². The zero-order valence-corrected chi connectivity index (χ0v) is 20.8. The van der Waals surface area contributed by atoms with Gasteiger partial charge in [0, 0.05) is 24.8 Å². The zero-order valence-electron chi connectivity index (χ0n) is 19.9. The van der Waals surface area contributed by atoms with Gasteiger partial charge < -0.3 is 11.1 Å². The fraction of sp³-hybridized carbons (Fsp3) is 0.320. The van der Waals surface area contributed by atoms with Crippen LogP contribution in [-0.2, 0) is 27.4 Å². The number of primary amides is 1. The molecule has 37 heavy (non-hydrogen) atoms. The molecule has 4 rings (SSSR count). The molecular formula is C25H26F3N5O3S. The Kier molecular flexibility index (Phi) is 7.39. The monoisotopic (exact) mass is 533 g/mol. The lowest BCUT2D eigenvalue weighted by atomic mass is 9.90. The Hall–Kier alpha value is -3.67. The van der Waals surface area contributed by atoms with Gasteiger partial charge in [0.2, 0.25) is 11.9 Å². The van der Waals surface area contributed by atoms with Gasteiger partial charge in [0.05, 0.1) is 21.8 Å². The zero-order chi connectivity index (χ0) is 26.8. The second-order valence-electron chi connectivity index (χ2n) is 8.91. The van der Waals surface area contributed by atoms with Gasteiger partial charge >= 0.3 is 6.18 Å². The highest BCUT2D eigenvalue weighted by Gasteiger charge is 2.38. The molecule has 3 aromatic rings. The Balaban J connectivity index is 1.55. The lowest BCUT2D eigenvalue weighted by Crippen LogP contribution is -2.28. The molecule has 0 unspecified atom stereocenters. The summed E-state index contributed by atoms with van der Waals surface area (Å²) in [6.45, 7) is 0. The minimum atomic E-state index is -4.66. The second-order valence-corrected chi connectivity index (χ2v) is 10.9. The van der Waals surface area contributed by atoms with E-state index in [1.54, 1.807) is 30.3 Å². The predicted octanol–water partition coefficient (Wildman–Crippen LogP) is 4.51. The van der Waals surface area contributed by atoms with Crippen molar-refractivity contribution in [3.05, 3.63) is 72.1 Å². The number of carbonyl (C=O) groups excluding carboxylic acids is 1. The first kappa shape index (κ1) is 26.4. The van der Waals surface area contributed by atoms with Crippen LogP contribution in [0.2, 0.25) is 0 Å². The van der Waals surface area contributed by atoms with Crippen LogP contribution in [0.1, 0.15) is 30.5 Å². The highest BCUT2D eigenvalue weighted by molar-refractivity contribution is 7.92. The van der Waals surface area contributed by atoms with Gasteiger partial charge in [-0.1, -0.05) is 24.6 Å². The molecule has 12 heteroatoms. The van der Waals surface area contributed by atoms with Crippen LogP contribution in [0.25, 0.3) is 0 Å². The molecule has 0 spiro atoms. The van der Waals surface area contributed by atoms with Gasteiger partial charge in [-0.15, -0.1) is 0 Å². The molecule has 196 valence electrons. The Bertz CT molecular complexity index is 1370. The van der Waals surface area contributed by atoms with Gasteiger partial charge in [-0.05, 0) is 61.6 Å². The van der Waals surface area contributed by atoms with E-state index < -0.39 is 33.6 Å². The molecule has 0 bridgehead atoms. The van der Waals surface area contributed by atoms with Gasteiger partial charge in [-0.3, -0.25) is 9.10 Å². The van der Waals surface area contributed by atoms with E-state index in [9.17, 15) is 26.4 Å². The van der Waals surface area contributed by atoms with E-state index in [1.807, 2.05) is 0 Å². The number of halogens is 3. The molecule has 0 aliphatic heterocycles. The number of para-hydroxylation sites is 1. The van der Waals surface area contributed by atoms with Gasteiger partial charge in [-0.2, -0.15) is 13.2 Å². The standard InChI is InChI=1S/C25H26F3N5O3S/c1-33(18-7-3-2-4-8-18)37(35,36)19-12-10-17(11-13-19)31-24-30-15-21(25(26,27)28)22(32-24)14-16-6-5-9-20(16)23(29)34/h2-4,7-8,10-13,15-16,20H,5-6,9,14H2,1H3,(H2,29,34)(H,30,31,32)/t16-,20-/m0/s1. The Morgan fingerprint density at radius 2 is 1.78 bits per heavy atom. The number of amides is 1. The molecule has 2 atom stereocenters. The highest BCUT2D eigenvalue weighted by Crippen LogP contribution is 2.38. The van der Waals surface area contributed by atoms with Crippen molar-refractivity contribution < 1.29 is 26.4 Å². The van der Waals surface area contributed by atoms with Crippen molar-refractivity contribution in [2.75, 3.05) is 16.7 Å². The molecule has 0 radical (unpaired) electrons. The third-order valence-electron chi connectivity index (χ3n) is 6.54. The number of rotatable bonds is 8. The predicted molar refractivity (Wildman–Crippen MR) is 133 cm³/mol. The maximum absolute atomic E-state index is 13.6. The summed E-state index contributed by atoms with van der Waals surface area (Å²) in [4.78, 5) is 19.7. The summed E-state index contributed by atoms with van der Waals surface area (Å²) in [5.41, 5.74) is 5.15. The molecular weight excluding hydrogens is 507 g/mol. The Morgan fingerprint density at radius 1 is 1.11 bits per heavy atom. The molecule has 1 aliphatic rings. The van der Waals surface area contributed by atoms with E-state index in [2.05, 4.69) is 15.3 Å². The number of hydrogen-bond donors (Lipinski definition) is 2. The van der Waals surface area contributed by atoms with Gasteiger partial charge in [0.15, 0.2) is 0 Å². The fourth-order valence-corrected chi connectivity index (χ4v) is 5.74. The minimum Gasteiger partial charge on any atom is -0.369 e. The Labute approximate surface area is 212 Å². The lowest BCUT2D eigenvalue weighted by molar-refractivity contribution is -0.138. The van der Waals surface area contributed by atoms with Crippen molar-refractivity contribution in [2.24, 2.45) is 17.6 Å². The van der Waals surface area contributed by atoms with Crippen LogP contribution in [-0.4, -0.2) is 31.3 Å². The fourth-order valence-electron chi connectivity index (χ4n) is 4.55. The van der Waals surface area contributed by atoms with Crippen LogP contribution >= 0.6 is 0 Å². The number of hydrogen-bond acceptors (Lipinski definition) is 6. The lowest BCUT2D eigenvalue weighted by Gasteiger charge is -2.20. The minimum absolute atomic E-state index is 0.0390. The van der Waals surface area contributed by atoms with E-state index in [0.29, 0.717) is 36.8 Å². The van der Waals surface area contributed by atoms with Crippen molar-refractivity contribution in [1.82, 2.24) is 9.97 Å². The summed E-state index contributed by atoms with van der Waals surface area (Å²) >= 11 is 0. The van der Waals surface area contributed by atoms with Crippen molar-refractivity contribution in [2.45, 2.75) is 36.8 Å². The number of nitrogens with two attached hydrogens (primary N) is 1. The average Bonchev–Trinajstić information content (AvgIpc) is 3.32. The first-order valence-electron chi connectivity index (χ1n) is 11.6.